The molecule has 0 atom stereocenters. The predicted octanol–water partition coefficient (Wildman–Crippen LogP) is 2.99. The summed E-state index contributed by atoms with van der Waals surface area (Å²) >= 11 is 0. The number of non-ortho nitro benzene ring substituents is 1. The van der Waals surface area contributed by atoms with Gasteiger partial charge >= 0.3 is 0 Å². The zero-order valence-corrected chi connectivity index (χ0v) is 9.67. The third kappa shape index (κ3) is 2.92. The fourth-order valence-electron chi connectivity index (χ4n) is 1.52. The van der Waals surface area contributed by atoms with E-state index in [1.165, 1.54) is 36.4 Å². The summed E-state index contributed by atoms with van der Waals surface area (Å²) in [6.45, 7) is 0. The molecule has 0 saturated heterocycles. The number of rotatable bonds is 3. The standard InChI is InChI=1S/C13H9FN2O3/c14-11-6-1-2-7-12(11)15-13(17)9-4-3-5-10(8-9)16(18)19/h1-8H,(H,15,17). The molecule has 0 aliphatic rings. The van der Waals surface area contributed by atoms with E-state index in [0.29, 0.717) is 0 Å². The van der Waals surface area contributed by atoms with Gasteiger partial charge in [0.05, 0.1) is 10.6 Å². The van der Waals surface area contributed by atoms with Gasteiger partial charge in [-0.1, -0.05) is 18.2 Å². The van der Waals surface area contributed by atoms with Gasteiger partial charge in [-0.15, -0.1) is 0 Å². The maximum absolute atomic E-state index is 13.4. The number of amides is 1. The molecule has 0 radical (unpaired) electrons. The maximum atomic E-state index is 13.4. The molecule has 1 amide bonds. The van der Waals surface area contributed by atoms with E-state index >= 15 is 0 Å². The molecule has 0 unspecified atom stereocenters. The lowest BCUT2D eigenvalue weighted by Gasteiger charge is -2.05. The van der Waals surface area contributed by atoms with Gasteiger partial charge in [0, 0.05) is 17.7 Å². The van der Waals surface area contributed by atoms with Crippen LogP contribution in [0.2, 0.25) is 0 Å². The van der Waals surface area contributed by atoms with Crippen LogP contribution in [0, 0.1) is 15.9 Å². The predicted molar refractivity (Wildman–Crippen MR) is 67.4 cm³/mol. The van der Waals surface area contributed by atoms with Gasteiger partial charge in [-0.25, -0.2) is 4.39 Å². The Morgan fingerprint density at radius 1 is 1.16 bits per heavy atom. The Bertz CT molecular complexity index is 643. The van der Waals surface area contributed by atoms with Crippen LogP contribution in [-0.2, 0) is 0 Å². The first-order valence-electron chi connectivity index (χ1n) is 5.38. The van der Waals surface area contributed by atoms with E-state index in [4.69, 9.17) is 0 Å². The zero-order valence-electron chi connectivity index (χ0n) is 9.67. The summed E-state index contributed by atoms with van der Waals surface area (Å²) < 4.78 is 13.4. The van der Waals surface area contributed by atoms with Crippen molar-refractivity contribution in [2.45, 2.75) is 0 Å². The minimum absolute atomic E-state index is 0.0269. The summed E-state index contributed by atoms with van der Waals surface area (Å²) in [7, 11) is 0. The van der Waals surface area contributed by atoms with Crippen molar-refractivity contribution >= 4 is 17.3 Å². The number of carbonyl (C=O) groups is 1. The van der Waals surface area contributed by atoms with Crippen molar-refractivity contribution in [2.75, 3.05) is 5.32 Å². The van der Waals surface area contributed by atoms with Crippen LogP contribution in [0.25, 0.3) is 0 Å². The Balaban J connectivity index is 2.23. The molecule has 0 bridgehead atoms. The molecule has 2 aromatic rings. The van der Waals surface area contributed by atoms with Crippen molar-refractivity contribution in [2.24, 2.45) is 0 Å². The molecule has 0 spiro atoms. The quantitative estimate of drug-likeness (QED) is 0.681. The molecule has 96 valence electrons. The summed E-state index contributed by atoms with van der Waals surface area (Å²) in [6, 6.07) is 10.9. The number of nitrogens with one attached hydrogen (secondary N) is 1. The Morgan fingerprint density at radius 2 is 1.89 bits per heavy atom. The van der Waals surface area contributed by atoms with Crippen molar-refractivity contribution in [3.05, 3.63) is 70.0 Å². The number of hydrogen-bond donors (Lipinski definition) is 1. The van der Waals surface area contributed by atoms with Gasteiger partial charge in [-0.2, -0.15) is 0 Å². The highest BCUT2D eigenvalue weighted by Gasteiger charge is 2.12. The van der Waals surface area contributed by atoms with Crippen LogP contribution in [0.5, 0.6) is 0 Å². The lowest BCUT2D eigenvalue weighted by atomic mass is 10.2. The first-order valence-corrected chi connectivity index (χ1v) is 5.38. The van der Waals surface area contributed by atoms with Crippen molar-refractivity contribution in [1.82, 2.24) is 0 Å². The number of hydrogen-bond acceptors (Lipinski definition) is 3. The number of para-hydroxylation sites is 1. The molecular weight excluding hydrogens is 251 g/mol. The Morgan fingerprint density at radius 3 is 2.58 bits per heavy atom. The molecule has 5 nitrogen and oxygen atoms in total. The Hall–Kier alpha value is -2.76. The van der Waals surface area contributed by atoms with Crippen LogP contribution in [-0.4, -0.2) is 10.8 Å². The van der Waals surface area contributed by atoms with Gasteiger partial charge in [-0.05, 0) is 18.2 Å². The van der Waals surface area contributed by atoms with E-state index < -0.39 is 16.6 Å². The fourth-order valence-corrected chi connectivity index (χ4v) is 1.52. The molecule has 1 N–H and O–H groups in total. The highest BCUT2D eigenvalue weighted by atomic mass is 19.1. The number of nitro groups is 1. The summed E-state index contributed by atoms with van der Waals surface area (Å²) in [5.74, 6) is -1.17. The van der Waals surface area contributed by atoms with Crippen LogP contribution >= 0.6 is 0 Å². The van der Waals surface area contributed by atoms with Crippen LogP contribution in [0.1, 0.15) is 10.4 Å². The second-order valence-corrected chi connectivity index (χ2v) is 3.74. The molecule has 2 aromatic carbocycles. The van der Waals surface area contributed by atoms with E-state index in [-0.39, 0.29) is 16.9 Å². The van der Waals surface area contributed by atoms with Gasteiger partial charge in [0.2, 0.25) is 0 Å². The van der Waals surface area contributed by atoms with Crippen molar-refractivity contribution in [3.8, 4) is 0 Å². The van der Waals surface area contributed by atoms with Crippen molar-refractivity contribution in [3.63, 3.8) is 0 Å². The van der Waals surface area contributed by atoms with Gasteiger partial charge in [-0.3, -0.25) is 14.9 Å². The number of nitro benzene ring substituents is 1. The van der Waals surface area contributed by atoms with Gasteiger partial charge in [0.1, 0.15) is 5.82 Å². The molecule has 0 saturated carbocycles. The first-order chi connectivity index (χ1) is 9.08. The smallest absolute Gasteiger partial charge is 0.270 e. The van der Waals surface area contributed by atoms with Gasteiger partial charge in [0.15, 0.2) is 0 Å². The Labute approximate surface area is 107 Å². The fraction of sp³-hybridized carbons (Fsp3) is 0. The highest BCUT2D eigenvalue weighted by Crippen LogP contribution is 2.17. The monoisotopic (exact) mass is 260 g/mol. The minimum Gasteiger partial charge on any atom is -0.319 e. The molecule has 0 aliphatic heterocycles. The zero-order chi connectivity index (χ0) is 13.8. The summed E-state index contributed by atoms with van der Waals surface area (Å²) in [5.41, 5.74) is -0.0716. The molecule has 19 heavy (non-hydrogen) atoms. The maximum Gasteiger partial charge on any atom is 0.270 e. The molecule has 2 rings (SSSR count). The highest BCUT2D eigenvalue weighted by molar-refractivity contribution is 6.04. The molecular formula is C13H9FN2O3. The lowest BCUT2D eigenvalue weighted by Crippen LogP contribution is -2.13. The summed E-state index contributed by atoms with van der Waals surface area (Å²) in [5, 5.41) is 13.0. The van der Waals surface area contributed by atoms with E-state index in [9.17, 15) is 19.3 Å². The van der Waals surface area contributed by atoms with E-state index in [0.717, 1.165) is 6.07 Å². The third-order valence-electron chi connectivity index (χ3n) is 2.44. The number of carbonyl (C=O) groups excluding carboxylic acids is 1. The van der Waals surface area contributed by atoms with Crippen LogP contribution in [0.15, 0.2) is 48.5 Å². The number of nitrogens with zero attached hydrogens (tertiary/aromatic N) is 1. The molecule has 0 aliphatic carbocycles. The molecule has 0 fully saturated rings. The second-order valence-electron chi connectivity index (χ2n) is 3.74. The van der Waals surface area contributed by atoms with Gasteiger partial charge in [0.25, 0.3) is 11.6 Å². The normalized spacial score (nSPS) is 9.95. The largest absolute Gasteiger partial charge is 0.319 e. The van der Waals surface area contributed by atoms with Crippen LogP contribution in [0.3, 0.4) is 0 Å². The number of halogens is 1. The van der Waals surface area contributed by atoms with Gasteiger partial charge < -0.3 is 5.32 Å². The van der Waals surface area contributed by atoms with Crippen molar-refractivity contribution < 1.29 is 14.1 Å². The average Bonchev–Trinajstić information content (AvgIpc) is 2.41. The van der Waals surface area contributed by atoms with Crippen molar-refractivity contribution in [1.29, 1.82) is 0 Å². The molecule has 0 aromatic heterocycles. The Kier molecular flexibility index (Phi) is 3.51. The third-order valence-corrected chi connectivity index (χ3v) is 2.44. The molecule has 6 heteroatoms. The lowest BCUT2D eigenvalue weighted by molar-refractivity contribution is -0.384. The van der Waals surface area contributed by atoms with E-state index in [1.54, 1.807) is 6.07 Å². The summed E-state index contributed by atoms with van der Waals surface area (Å²) in [4.78, 5) is 21.8. The number of anilines is 1. The molecule has 0 heterocycles. The average molecular weight is 260 g/mol. The van der Waals surface area contributed by atoms with Crippen LogP contribution < -0.4 is 5.32 Å². The number of benzene rings is 2. The van der Waals surface area contributed by atoms with E-state index in [2.05, 4.69) is 5.32 Å². The minimum atomic E-state index is -0.603. The van der Waals surface area contributed by atoms with E-state index in [1.807, 2.05) is 0 Å². The SMILES string of the molecule is O=C(Nc1ccccc1F)c1cccc([N+](=O)[O-])c1. The first kappa shape index (κ1) is 12.7. The topological polar surface area (TPSA) is 72.2 Å². The second kappa shape index (κ2) is 5.26. The van der Waals surface area contributed by atoms with Crippen LogP contribution in [0.4, 0.5) is 15.8 Å². The summed E-state index contributed by atoms with van der Waals surface area (Å²) in [6.07, 6.45) is 0.